The second-order valence-corrected chi connectivity index (χ2v) is 4.28. The van der Waals surface area contributed by atoms with Crippen molar-refractivity contribution in [2.45, 2.75) is 6.04 Å². The van der Waals surface area contributed by atoms with Gasteiger partial charge in [-0.3, -0.25) is 4.79 Å². The van der Waals surface area contributed by atoms with Crippen LogP contribution in [0.2, 0.25) is 0 Å². The number of piperazine rings is 1. The Balaban J connectivity index is 1.86. The molecule has 2 fully saturated rings. The molecule has 0 aromatic rings. The predicted octanol–water partition coefficient (Wildman–Crippen LogP) is -1.30. The van der Waals surface area contributed by atoms with Gasteiger partial charge < -0.3 is 25.4 Å². The fourth-order valence-electron chi connectivity index (χ4n) is 2.06. The molecule has 2 unspecified atom stereocenters. The molecule has 2 saturated heterocycles. The van der Waals surface area contributed by atoms with E-state index in [1.165, 1.54) is 0 Å². The van der Waals surface area contributed by atoms with Crippen LogP contribution in [-0.4, -0.2) is 67.4 Å². The Morgan fingerprint density at radius 1 is 1.29 bits per heavy atom. The van der Waals surface area contributed by atoms with Crippen molar-refractivity contribution in [1.82, 2.24) is 15.5 Å². The number of carboxylic acids is 1. The fourth-order valence-corrected chi connectivity index (χ4v) is 2.06. The summed E-state index contributed by atoms with van der Waals surface area (Å²) in [6.45, 7) is 3.29. The standard InChI is InChI=1S/C10H17N3O4/c14-9(15)7-5-17-6-8(7)12-10(16)13-3-1-11-2-4-13/h7-8,11H,1-6H2,(H,12,16)(H,14,15). The fraction of sp³-hybridized carbons (Fsp3) is 0.800. The Hall–Kier alpha value is -1.34. The molecule has 3 N–H and O–H groups in total. The lowest BCUT2D eigenvalue weighted by atomic mass is 10.0. The Kier molecular flexibility index (Phi) is 3.80. The van der Waals surface area contributed by atoms with E-state index < -0.39 is 17.9 Å². The second-order valence-electron chi connectivity index (χ2n) is 4.28. The van der Waals surface area contributed by atoms with Crippen molar-refractivity contribution in [3.8, 4) is 0 Å². The Labute approximate surface area is 99.1 Å². The zero-order valence-corrected chi connectivity index (χ0v) is 9.52. The van der Waals surface area contributed by atoms with Crippen LogP contribution in [0.1, 0.15) is 0 Å². The van der Waals surface area contributed by atoms with Crippen LogP contribution in [0.3, 0.4) is 0 Å². The van der Waals surface area contributed by atoms with Gasteiger partial charge in [0, 0.05) is 26.2 Å². The molecule has 7 nitrogen and oxygen atoms in total. The molecule has 0 saturated carbocycles. The van der Waals surface area contributed by atoms with Crippen molar-refractivity contribution >= 4 is 12.0 Å². The molecule has 0 spiro atoms. The maximum absolute atomic E-state index is 11.9. The molecule has 2 aliphatic heterocycles. The quantitative estimate of drug-likeness (QED) is 0.561. The van der Waals surface area contributed by atoms with Crippen molar-refractivity contribution in [2.24, 2.45) is 5.92 Å². The molecule has 7 heteroatoms. The number of rotatable bonds is 2. The number of carbonyl (C=O) groups is 2. The van der Waals surface area contributed by atoms with Gasteiger partial charge in [-0.25, -0.2) is 4.79 Å². The number of hydrogen-bond acceptors (Lipinski definition) is 4. The average Bonchev–Trinajstić information content (AvgIpc) is 2.78. The Bertz CT molecular complexity index is 304. The van der Waals surface area contributed by atoms with Crippen LogP contribution in [0.15, 0.2) is 0 Å². The first-order valence-electron chi connectivity index (χ1n) is 5.75. The number of carbonyl (C=O) groups excluding carboxylic acids is 1. The molecule has 0 aromatic heterocycles. The van der Waals surface area contributed by atoms with Crippen LogP contribution in [-0.2, 0) is 9.53 Å². The van der Waals surface area contributed by atoms with Crippen molar-refractivity contribution in [3.63, 3.8) is 0 Å². The Morgan fingerprint density at radius 2 is 2.00 bits per heavy atom. The number of urea groups is 1. The molecule has 0 radical (unpaired) electrons. The Morgan fingerprint density at radius 3 is 2.65 bits per heavy atom. The lowest BCUT2D eigenvalue weighted by molar-refractivity contribution is -0.142. The monoisotopic (exact) mass is 243 g/mol. The zero-order valence-electron chi connectivity index (χ0n) is 9.52. The topological polar surface area (TPSA) is 90.9 Å². The summed E-state index contributed by atoms with van der Waals surface area (Å²) in [5.41, 5.74) is 0. The molecule has 2 amide bonds. The van der Waals surface area contributed by atoms with Crippen molar-refractivity contribution in [2.75, 3.05) is 39.4 Å². The van der Waals surface area contributed by atoms with Gasteiger partial charge in [-0.1, -0.05) is 0 Å². The highest BCUT2D eigenvalue weighted by atomic mass is 16.5. The van der Waals surface area contributed by atoms with E-state index >= 15 is 0 Å². The summed E-state index contributed by atoms with van der Waals surface area (Å²) in [6, 6.07) is -0.622. The number of amides is 2. The van der Waals surface area contributed by atoms with Crippen LogP contribution in [0.5, 0.6) is 0 Å². The van der Waals surface area contributed by atoms with Gasteiger partial charge in [-0.2, -0.15) is 0 Å². The third-order valence-electron chi connectivity index (χ3n) is 3.11. The van der Waals surface area contributed by atoms with E-state index in [0.29, 0.717) is 13.1 Å². The lowest BCUT2D eigenvalue weighted by Gasteiger charge is -2.29. The smallest absolute Gasteiger partial charge is 0.317 e. The summed E-state index contributed by atoms with van der Waals surface area (Å²) in [5, 5.41) is 14.8. The van der Waals surface area contributed by atoms with E-state index in [0.717, 1.165) is 13.1 Å². The summed E-state index contributed by atoms with van der Waals surface area (Å²) in [7, 11) is 0. The highest BCUT2D eigenvalue weighted by Gasteiger charge is 2.35. The maximum atomic E-state index is 11.9. The molecule has 0 aliphatic carbocycles. The number of aliphatic carboxylic acids is 1. The third kappa shape index (κ3) is 2.86. The van der Waals surface area contributed by atoms with Crippen LogP contribution in [0, 0.1) is 5.92 Å². The van der Waals surface area contributed by atoms with Gasteiger partial charge in [0.15, 0.2) is 0 Å². The van der Waals surface area contributed by atoms with E-state index in [-0.39, 0.29) is 19.2 Å². The number of nitrogens with one attached hydrogen (secondary N) is 2. The summed E-state index contributed by atoms with van der Waals surface area (Å²) in [4.78, 5) is 24.5. The van der Waals surface area contributed by atoms with Crippen molar-refractivity contribution < 1.29 is 19.4 Å². The van der Waals surface area contributed by atoms with Gasteiger partial charge in [0.2, 0.25) is 0 Å². The van der Waals surface area contributed by atoms with Crippen molar-refractivity contribution in [1.29, 1.82) is 0 Å². The molecule has 0 aromatic carbocycles. The summed E-state index contributed by atoms with van der Waals surface area (Å²) >= 11 is 0. The number of hydrogen-bond donors (Lipinski definition) is 3. The van der Waals surface area contributed by atoms with E-state index in [9.17, 15) is 9.59 Å². The van der Waals surface area contributed by atoms with Crippen molar-refractivity contribution in [3.05, 3.63) is 0 Å². The third-order valence-corrected chi connectivity index (χ3v) is 3.11. The minimum absolute atomic E-state index is 0.168. The van der Waals surface area contributed by atoms with Gasteiger partial charge in [0.1, 0.15) is 5.92 Å². The average molecular weight is 243 g/mol. The SMILES string of the molecule is O=C(O)C1COCC1NC(=O)N1CCNCC1. The minimum Gasteiger partial charge on any atom is -0.481 e. The first-order valence-corrected chi connectivity index (χ1v) is 5.75. The van der Waals surface area contributed by atoms with E-state index in [1.54, 1.807) is 4.90 Å². The normalized spacial score (nSPS) is 29.1. The van der Waals surface area contributed by atoms with Gasteiger partial charge in [-0.05, 0) is 0 Å². The van der Waals surface area contributed by atoms with Gasteiger partial charge in [-0.15, -0.1) is 0 Å². The molecule has 96 valence electrons. The molecule has 2 heterocycles. The largest absolute Gasteiger partial charge is 0.481 e. The summed E-state index contributed by atoms with van der Waals surface area (Å²) in [5.74, 6) is -1.56. The first kappa shape index (κ1) is 12.1. The van der Waals surface area contributed by atoms with Crippen LogP contribution < -0.4 is 10.6 Å². The van der Waals surface area contributed by atoms with Crippen LogP contribution in [0.25, 0.3) is 0 Å². The molecular weight excluding hydrogens is 226 g/mol. The molecule has 0 bridgehead atoms. The number of ether oxygens (including phenoxy) is 1. The van der Waals surface area contributed by atoms with E-state index in [4.69, 9.17) is 9.84 Å². The van der Waals surface area contributed by atoms with Gasteiger partial charge in [0.25, 0.3) is 0 Å². The molecule has 2 aliphatic rings. The first-order chi connectivity index (χ1) is 8.18. The van der Waals surface area contributed by atoms with E-state index in [1.807, 2.05) is 0 Å². The maximum Gasteiger partial charge on any atom is 0.317 e. The predicted molar refractivity (Wildman–Crippen MR) is 58.7 cm³/mol. The summed E-state index contributed by atoms with van der Waals surface area (Å²) < 4.78 is 5.09. The van der Waals surface area contributed by atoms with Gasteiger partial charge in [0.05, 0.1) is 19.3 Å². The molecule has 17 heavy (non-hydrogen) atoms. The molecular formula is C10H17N3O4. The lowest BCUT2D eigenvalue weighted by Crippen LogP contribution is -2.54. The van der Waals surface area contributed by atoms with E-state index in [2.05, 4.69) is 10.6 Å². The summed E-state index contributed by atoms with van der Waals surface area (Å²) in [6.07, 6.45) is 0. The number of carboxylic acid groups (broad SMARTS) is 1. The van der Waals surface area contributed by atoms with Gasteiger partial charge >= 0.3 is 12.0 Å². The van der Waals surface area contributed by atoms with Crippen LogP contribution >= 0.6 is 0 Å². The molecule has 2 atom stereocenters. The second kappa shape index (κ2) is 5.33. The highest BCUT2D eigenvalue weighted by Crippen LogP contribution is 2.14. The minimum atomic E-state index is -0.923. The highest BCUT2D eigenvalue weighted by molar-refractivity contribution is 5.77. The molecule has 2 rings (SSSR count). The van der Waals surface area contributed by atoms with Crippen LogP contribution in [0.4, 0.5) is 4.79 Å². The number of nitrogens with zero attached hydrogens (tertiary/aromatic N) is 1. The zero-order chi connectivity index (χ0) is 12.3.